The van der Waals surface area contributed by atoms with Gasteiger partial charge in [0.05, 0.1) is 18.3 Å². The minimum absolute atomic E-state index is 0.00474. The number of hydrogen-bond donors (Lipinski definition) is 2. The smallest absolute Gasteiger partial charge is 0.338 e. The molecule has 0 amide bonds. The first-order valence-corrected chi connectivity index (χ1v) is 8.84. The zero-order valence-corrected chi connectivity index (χ0v) is 14.8. The summed E-state index contributed by atoms with van der Waals surface area (Å²) in [5, 5.41) is 20.5. The van der Waals surface area contributed by atoms with E-state index in [0.29, 0.717) is 18.6 Å². The molecule has 132 valence electrons. The highest BCUT2D eigenvalue weighted by molar-refractivity contribution is 5.93. The average molecular weight is 332 g/mol. The second kappa shape index (κ2) is 6.16. The molecule has 0 saturated heterocycles. The second-order valence-electron chi connectivity index (χ2n) is 8.06. The van der Waals surface area contributed by atoms with Gasteiger partial charge in [-0.3, -0.25) is 0 Å². The predicted octanol–water partition coefficient (Wildman–Crippen LogP) is 2.77. The normalized spacial score (nSPS) is 42.5. The maximum absolute atomic E-state index is 11.7. The van der Waals surface area contributed by atoms with E-state index in [-0.39, 0.29) is 29.8 Å². The first-order valence-electron chi connectivity index (χ1n) is 8.84. The predicted molar refractivity (Wildman–Crippen MR) is 92.1 cm³/mol. The fourth-order valence-electron chi connectivity index (χ4n) is 5.10. The van der Waals surface area contributed by atoms with Gasteiger partial charge >= 0.3 is 5.97 Å². The van der Waals surface area contributed by atoms with Crippen LogP contribution in [0.1, 0.15) is 40.0 Å². The number of cyclic esters (lactones) is 1. The maximum atomic E-state index is 11.7. The highest BCUT2D eigenvalue weighted by Crippen LogP contribution is 2.60. The molecule has 0 bridgehead atoms. The van der Waals surface area contributed by atoms with Gasteiger partial charge in [0.1, 0.15) is 6.61 Å². The fourth-order valence-corrected chi connectivity index (χ4v) is 5.10. The van der Waals surface area contributed by atoms with Crippen LogP contribution in [0.15, 0.2) is 35.5 Å². The van der Waals surface area contributed by atoms with Gasteiger partial charge in [-0.25, -0.2) is 4.79 Å². The van der Waals surface area contributed by atoms with E-state index in [1.165, 1.54) is 5.57 Å². The van der Waals surface area contributed by atoms with E-state index in [1.54, 1.807) is 0 Å². The van der Waals surface area contributed by atoms with Crippen molar-refractivity contribution in [2.45, 2.75) is 46.1 Å². The summed E-state index contributed by atoms with van der Waals surface area (Å²) in [5.74, 6) is 0.148. The number of allylic oxidation sites excluding steroid dienone is 3. The van der Waals surface area contributed by atoms with Gasteiger partial charge in [-0.15, -0.1) is 0 Å². The molecule has 0 aromatic rings. The van der Waals surface area contributed by atoms with Gasteiger partial charge < -0.3 is 14.9 Å². The van der Waals surface area contributed by atoms with E-state index in [4.69, 9.17) is 4.74 Å². The summed E-state index contributed by atoms with van der Waals surface area (Å²) in [6.07, 6.45) is 10.1. The van der Waals surface area contributed by atoms with Crippen LogP contribution in [0.4, 0.5) is 0 Å². The number of aliphatic hydroxyl groups excluding tert-OH is 2. The van der Waals surface area contributed by atoms with Crippen molar-refractivity contribution in [2.75, 3.05) is 13.2 Å². The van der Waals surface area contributed by atoms with Gasteiger partial charge in [0, 0.05) is 11.3 Å². The Morgan fingerprint density at radius 2 is 2.12 bits per heavy atom. The van der Waals surface area contributed by atoms with Gasteiger partial charge in [0.2, 0.25) is 0 Å². The van der Waals surface area contributed by atoms with Crippen LogP contribution in [0, 0.1) is 22.7 Å². The van der Waals surface area contributed by atoms with Crippen LogP contribution in [0.3, 0.4) is 0 Å². The summed E-state index contributed by atoms with van der Waals surface area (Å²) in [6.45, 7) is 6.76. The van der Waals surface area contributed by atoms with Gasteiger partial charge in [-0.05, 0) is 43.6 Å². The highest BCUT2D eigenvalue weighted by atomic mass is 16.5. The van der Waals surface area contributed by atoms with Crippen LogP contribution in [0.2, 0.25) is 0 Å². The minimum atomic E-state index is -0.484. The van der Waals surface area contributed by atoms with Crippen LogP contribution in [0.25, 0.3) is 0 Å². The first-order chi connectivity index (χ1) is 11.3. The second-order valence-corrected chi connectivity index (χ2v) is 8.06. The zero-order valence-electron chi connectivity index (χ0n) is 14.8. The van der Waals surface area contributed by atoms with Crippen LogP contribution >= 0.6 is 0 Å². The monoisotopic (exact) mass is 332 g/mol. The van der Waals surface area contributed by atoms with Crippen molar-refractivity contribution in [3.63, 3.8) is 0 Å². The topological polar surface area (TPSA) is 66.8 Å². The van der Waals surface area contributed by atoms with Gasteiger partial charge in [0.25, 0.3) is 0 Å². The number of aliphatic hydroxyl groups is 2. The van der Waals surface area contributed by atoms with E-state index in [9.17, 15) is 15.0 Å². The van der Waals surface area contributed by atoms with E-state index >= 15 is 0 Å². The lowest BCUT2D eigenvalue weighted by Crippen LogP contribution is -2.56. The molecule has 0 aromatic carbocycles. The molecule has 1 saturated carbocycles. The number of carbonyl (C=O) groups is 1. The van der Waals surface area contributed by atoms with Gasteiger partial charge in [-0.1, -0.05) is 37.6 Å². The van der Waals surface area contributed by atoms with Gasteiger partial charge in [-0.2, -0.15) is 0 Å². The molecule has 2 aliphatic carbocycles. The van der Waals surface area contributed by atoms with Crippen molar-refractivity contribution < 1.29 is 19.7 Å². The van der Waals surface area contributed by atoms with E-state index < -0.39 is 11.5 Å². The number of fused-ring (bicyclic) bond motifs is 1. The lowest BCUT2D eigenvalue weighted by atomic mass is 9.47. The van der Waals surface area contributed by atoms with Crippen LogP contribution < -0.4 is 0 Å². The quantitative estimate of drug-likeness (QED) is 0.616. The van der Waals surface area contributed by atoms with Crippen molar-refractivity contribution >= 4 is 5.97 Å². The number of rotatable bonds is 3. The Kier molecular flexibility index (Phi) is 4.47. The van der Waals surface area contributed by atoms with E-state index in [1.807, 2.05) is 19.1 Å². The zero-order chi connectivity index (χ0) is 17.5. The molecule has 1 heterocycles. The van der Waals surface area contributed by atoms with E-state index in [0.717, 1.165) is 12.8 Å². The molecular weight excluding hydrogens is 304 g/mol. The Bertz CT molecular complexity index is 617. The summed E-state index contributed by atoms with van der Waals surface area (Å²) >= 11 is 0. The summed E-state index contributed by atoms with van der Waals surface area (Å²) in [6, 6.07) is 0. The standard InChI is InChI=1S/C20H28O4/c1-13-4-7-16-19(2,10-8-17(22)20(16,3)12-21)15(13)6-5-14-9-11-24-18(14)23/h4-6,9,15-17,21-22H,7-8,10-12H2,1-3H3/b6-5+/t15-,16?,17-,19+,20+/m1/s1. The first kappa shape index (κ1) is 17.4. The molecule has 0 aromatic heterocycles. The number of hydrogen-bond acceptors (Lipinski definition) is 4. The minimum Gasteiger partial charge on any atom is -0.458 e. The average Bonchev–Trinajstić information content (AvgIpc) is 2.96. The molecule has 24 heavy (non-hydrogen) atoms. The van der Waals surface area contributed by atoms with Crippen LogP contribution in [0.5, 0.6) is 0 Å². The molecule has 1 unspecified atom stereocenters. The molecule has 4 nitrogen and oxygen atoms in total. The maximum Gasteiger partial charge on any atom is 0.338 e. The summed E-state index contributed by atoms with van der Waals surface area (Å²) in [7, 11) is 0. The van der Waals surface area contributed by atoms with Crippen LogP contribution in [-0.2, 0) is 9.53 Å². The Hall–Kier alpha value is -1.39. The molecule has 0 radical (unpaired) electrons. The largest absolute Gasteiger partial charge is 0.458 e. The van der Waals surface area contributed by atoms with Crippen molar-refractivity contribution in [1.82, 2.24) is 0 Å². The van der Waals surface area contributed by atoms with Crippen LogP contribution in [-0.4, -0.2) is 35.5 Å². The van der Waals surface area contributed by atoms with E-state index in [2.05, 4.69) is 26.0 Å². The molecule has 1 fully saturated rings. The third-order valence-electron chi connectivity index (χ3n) is 6.75. The van der Waals surface area contributed by atoms with Crippen molar-refractivity contribution in [3.8, 4) is 0 Å². The number of ether oxygens (including phenoxy) is 1. The van der Waals surface area contributed by atoms with Gasteiger partial charge in [0.15, 0.2) is 0 Å². The summed E-state index contributed by atoms with van der Waals surface area (Å²) in [4.78, 5) is 11.7. The molecule has 5 atom stereocenters. The lowest BCUT2D eigenvalue weighted by molar-refractivity contribution is -0.138. The Labute approximate surface area is 143 Å². The third-order valence-corrected chi connectivity index (χ3v) is 6.75. The fraction of sp³-hybridized carbons (Fsp3) is 0.650. The number of carbonyl (C=O) groups excluding carboxylic acids is 1. The van der Waals surface area contributed by atoms with Crippen molar-refractivity contribution in [3.05, 3.63) is 35.5 Å². The number of esters is 1. The molecule has 0 spiro atoms. The molecule has 3 aliphatic rings. The van der Waals surface area contributed by atoms with Crippen molar-refractivity contribution in [1.29, 1.82) is 0 Å². The molecular formula is C20H28O4. The summed E-state index contributed by atoms with van der Waals surface area (Å²) in [5.41, 5.74) is 1.40. The third kappa shape index (κ3) is 2.56. The molecule has 1 aliphatic heterocycles. The van der Waals surface area contributed by atoms with Crippen molar-refractivity contribution in [2.24, 2.45) is 22.7 Å². The molecule has 2 N–H and O–H groups in total. The Balaban J connectivity index is 1.94. The Morgan fingerprint density at radius 1 is 1.38 bits per heavy atom. The summed E-state index contributed by atoms with van der Waals surface area (Å²) < 4.78 is 4.97. The Morgan fingerprint density at radius 3 is 2.75 bits per heavy atom. The highest BCUT2D eigenvalue weighted by Gasteiger charge is 2.56. The SMILES string of the molecule is CC1=CCC2[C@](C)(CO)[C@H](O)CC[C@@]2(C)[C@@H]1/C=C/C1=CCOC1=O. The lowest BCUT2D eigenvalue weighted by Gasteiger charge is -2.58. The molecule has 3 rings (SSSR count). The molecule has 4 heteroatoms.